The Morgan fingerprint density at radius 2 is 1.59 bits per heavy atom. The highest BCUT2D eigenvalue weighted by molar-refractivity contribution is 5.85. The first-order chi connectivity index (χ1) is 20.0. The molecule has 1 saturated heterocycles. The van der Waals surface area contributed by atoms with Crippen LogP contribution in [0, 0.1) is 0 Å². The molecule has 1 fully saturated rings. The summed E-state index contributed by atoms with van der Waals surface area (Å²) in [6.45, 7) is 5.13. The molecule has 3 aromatic heterocycles. The number of phenolic OH excluding ortho intramolecular Hbond substituents is 1. The number of aromatic nitrogens is 5. The molecule has 4 heterocycles. The first-order valence-corrected chi connectivity index (χ1v) is 13.6. The number of aliphatic hydroxyl groups is 1. The summed E-state index contributed by atoms with van der Waals surface area (Å²) < 4.78 is 7.65. The molecule has 5 aromatic rings. The van der Waals surface area contributed by atoms with Gasteiger partial charge in [0.05, 0.1) is 18.3 Å². The van der Waals surface area contributed by atoms with Crippen LogP contribution in [-0.2, 0) is 11.3 Å². The van der Waals surface area contributed by atoms with Gasteiger partial charge in [0.2, 0.25) is 5.95 Å². The van der Waals surface area contributed by atoms with Crippen molar-refractivity contribution in [1.82, 2.24) is 24.5 Å². The number of hydrogen-bond acceptors (Lipinski definition) is 10. The van der Waals surface area contributed by atoms with Gasteiger partial charge in [-0.05, 0) is 48.9 Å². The van der Waals surface area contributed by atoms with E-state index in [0.29, 0.717) is 42.6 Å². The van der Waals surface area contributed by atoms with Crippen molar-refractivity contribution in [3.63, 3.8) is 0 Å². The third kappa shape index (κ3) is 5.91. The zero-order valence-corrected chi connectivity index (χ0v) is 22.7. The number of ether oxygens (including phenoxy) is 1. The van der Waals surface area contributed by atoms with Gasteiger partial charge in [-0.3, -0.25) is 9.55 Å². The third-order valence-corrected chi connectivity index (χ3v) is 7.16. The van der Waals surface area contributed by atoms with Crippen LogP contribution in [0.15, 0.2) is 85.5 Å². The summed E-state index contributed by atoms with van der Waals surface area (Å²) in [4.78, 5) is 23.0. The maximum Gasteiger partial charge on any atom is 0.229 e. The van der Waals surface area contributed by atoms with Crippen molar-refractivity contribution < 1.29 is 14.9 Å². The molecule has 210 valence electrons. The predicted molar refractivity (Wildman–Crippen MR) is 157 cm³/mol. The standard InChI is InChI=1S/C30H32N8O3/c1-21(29(40)41-19-22-5-3-2-4-6-22)33-27-26-28(38(20-32-26)24-11-13-31-14-12-24)35-30(34-27)37-17-15-36(16-18-37)23-7-9-25(39)10-8-23/h2-14,20-21,29,39-40H,15-19H2,1H3,(H,33,34,35)/t21-,29+/m0/s1. The fourth-order valence-corrected chi connectivity index (χ4v) is 4.84. The van der Waals surface area contributed by atoms with Gasteiger partial charge in [-0.1, -0.05) is 30.3 Å². The van der Waals surface area contributed by atoms with Crippen LogP contribution in [0.1, 0.15) is 12.5 Å². The summed E-state index contributed by atoms with van der Waals surface area (Å²) in [5, 5.41) is 23.7. The minimum atomic E-state index is -1.07. The fourth-order valence-electron chi connectivity index (χ4n) is 4.84. The minimum absolute atomic E-state index is 0.254. The monoisotopic (exact) mass is 552 g/mol. The fraction of sp³-hybridized carbons (Fsp3) is 0.267. The molecule has 1 aliphatic heterocycles. The van der Waals surface area contributed by atoms with Crippen molar-refractivity contribution >= 4 is 28.6 Å². The Hall–Kier alpha value is -4.74. The van der Waals surface area contributed by atoms with E-state index in [0.717, 1.165) is 30.0 Å². The molecule has 6 rings (SSSR count). The van der Waals surface area contributed by atoms with Crippen LogP contribution in [0.5, 0.6) is 5.75 Å². The molecule has 11 heteroatoms. The van der Waals surface area contributed by atoms with Gasteiger partial charge in [0.25, 0.3) is 0 Å². The number of imidazole rings is 1. The number of pyridine rings is 1. The van der Waals surface area contributed by atoms with Crippen molar-refractivity contribution in [1.29, 1.82) is 0 Å². The van der Waals surface area contributed by atoms with E-state index >= 15 is 0 Å². The van der Waals surface area contributed by atoms with Crippen LogP contribution >= 0.6 is 0 Å². The molecule has 1 aliphatic rings. The minimum Gasteiger partial charge on any atom is -0.508 e. The number of aromatic hydroxyl groups is 1. The number of nitrogens with one attached hydrogen (secondary N) is 1. The molecule has 0 bridgehead atoms. The van der Waals surface area contributed by atoms with Crippen LogP contribution in [0.2, 0.25) is 0 Å². The molecule has 0 amide bonds. The topological polar surface area (TPSA) is 125 Å². The number of aliphatic hydroxyl groups excluding tert-OH is 1. The Labute approximate surface area is 237 Å². The molecule has 0 saturated carbocycles. The van der Waals surface area contributed by atoms with Crippen LogP contribution in [0.25, 0.3) is 16.9 Å². The maximum absolute atomic E-state index is 10.8. The molecule has 0 radical (unpaired) electrons. The molecule has 3 N–H and O–H groups in total. The van der Waals surface area contributed by atoms with Gasteiger partial charge in [0.15, 0.2) is 23.3 Å². The lowest BCUT2D eigenvalue weighted by Gasteiger charge is -2.36. The van der Waals surface area contributed by atoms with Gasteiger partial charge in [-0.15, -0.1) is 0 Å². The van der Waals surface area contributed by atoms with E-state index in [-0.39, 0.29) is 5.75 Å². The molecule has 2 atom stereocenters. The van der Waals surface area contributed by atoms with Crippen molar-refractivity contribution in [2.45, 2.75) is 25.9 Å². The van der Waals surface area contributed by atoms with E-state index in [4.69, 9.17) is 14.7 Å². The first kappa shape index (κ1) is 26.5. The van der Waals surface area contributed by atoms with Crippen LogP contribution in [0.3, 0.4) is 0 Å². The third-order valence-electron chi connectivity index (χ3n) is 7.16. The van der Waals surface area contributed by atoms with Crippen molar-refractivity contribution in [3.8, 4) is 11.4 Å². The lowest BCUT2D eigenvalue weighted by atomic mass is 10.2. The predicted octanol–water partition coefficient (Wildman–Crippen LogP) is 3.58. The van der Waals surface area contributed by atoms with E-state index < -0.39 is 12.3 Å². The average molecular weight is 553 g/mol. The number of hydrogen-bond donors (Lipinski definition) is 3. The molecule has 0 unspecified atom stereocenters. The van der Waals surface area contributed by atoms with Crippen molar-refractivity contribution in [3.05, 3.63) is 91.0 Å². The Morgan fingerprint density at radius 3 is 2.32 bits per heavy atom. The number of phenols is 1. The zero-order chi connectivity index (χ0) is 28.2. The van der Waals surface area contributed by atoms with Gasteiger partial charge < -0.3 is 30.1 Å². The number of piperazine rings is 1. The second kappa shape index (κ2) is 11.8. The van der Waals surface area contributed by atoms with E-state index in [1.54, 1.807) is 30.9 Å². The second-order valence-electron chi connectivity index (χ2n) is 9.98. The molecule has 0 spiro atoms. The molecule has 0 aliphatic carbocycles. The number of fused-ring (bicyclic) bond motifs is 1. The molecular weight excluding hydrogens is 520 g/mol. The second-order valence-corrected chi connectivity index (χ2v) is 9.98. The SMILES string of the molecule is C[C@H](Nc1nc(N2CCN(c3ccc(O)cc3)CC2)nc2c1ncn2-c1ccncc1)[C@H](O)OCc1ccccc1. The highest BCUT2D eigenvalue weighted by Crippen LogP contribution is 2.27. The van der Waals surface area contributed by atoms with E-state index in [1.165, 1.54) is 0 Å². The first-order valence-electron chi connectivity index (χ1n) is 13.6. The molecular formula is C30H32N8O3. The van der Waals surface area contributed by atoms with Crippen LogP contribution in [-0.4, -0.2) is 73.2 Å². The van der Waals surface area contributed by atoms with Gasteiger partial charge in [0, 0.05) is 44.3 Å². The maximum atomic E-state index is 10.8. The molecule has 2 aromatic carbocycles. The highest BCUT2D eigenvalue weighted by atomic mass is 16.6. The van der Waals surface area contributed by atoms with Gasteiger partial charge >= 0.3 is 0 Å². The average Bonchev–Trinajstić information content (AvgIpc) is 3.46. The lowest BCUT2D eigenvalue weighted by Crippen LogP contribution is -2.47. The largest absolute Gasteiger partial charge is 0.508 e. The smallest absolute Gasteiger partial charge is 0.229 e. The van der Waals surface area contributed by atoms with Crippen LogP contribution < -0.4 is 15.1 Å². The highest BCUT2D eigenvalue weighted by Gasteiger charge is 2.24. The van der Waals surface area contributed by atoms with Gasteiger partial charge in [-0.2, -0.15) is 9.97 Å². The Kier molecular flexibility index (Phi) is 7.61. The summed E-state index contributed by atoms with van der Waals surface area (Å²) in [7, 11) is 0. The molecule has 41 heavy (non-hydrogen) atoms. The number of anilines is 3. The Morgan fingerprint density at radius 1 is 0.878 bits per heavy atom. The van der Waals surface area contributed by atoms with E-state index in [1.807, 2.05) is 66.1 Å². The van der Waals surface area contributed by atoms with Gasteiger partial charge in [0.1, 0.15) is 12.1 Å². The summed E-state index contributed by atoms with van der Waals surface area (Å²) in [5.41, 5.74) is 4.17. The van der Waals surface area contributed by atoms with Crippen molar-refractivity contribution in [2.24, 2.45) is 0 Å². The van der Waals surface area contributed by atoms with Gasteiger partial charge in [-0.25, -0.2) is 4.98 Å². The summed E-state index contributed by atoms with van der Waals surface area (Å²) in [6.07, 6.45) is 4.11. The van der Waals surface area contributed by atoms with E-state index in [2.05, 4.69) is 25.1 Å². The summed E-state index contributed by atoms with van der Waals surface area (Å²) >= 11 is 0. The summed E-state index contributed by atoms with van der Waals surface area (Å²) in [5.74, 6) is 1.35. The normalized spacial score (nSPS) is 15.2. The summed E-state index contributed by atoms with van der Waals surface area (Å²) in [6, 6.07) is 20.3. The number of benzene rings is 2. The van der Waals surface area contributed by atoms with E-state index in [9.17, 15) is 10.2 Å². The molecule has 11 nitrogen and oxygen atoms in total. The quantitative estimate of drug-likeness (QED) is 0.234. The Bertz CT molecular complexity index is 1570. The number of rotatable bonds is 9. The van der Waals surface area contributed by atoms with Crippen LogP contribution in [0.4, 0.5) is 17.5 Å². The number of nitrogens with zero attached hydrogens (tertiary/aromatic N) is 7. The Balaban J connectivity index is 1.25. The zero-order valence-electron chi connectivity index (χ0n) is 22.7. The lowest BCUT2D eigenvalue weighted by molar-refractivity contribution is -0.114. The van der Waals surface area contributed by atoms with Crippen molar-refractivity contribution in [2.75, 3.05) is 41.3 Å².